The number of hydrogen-bond donors (Lipinski definition) is 1. The van der Waals surface area contributed by atoms with Crippen molar-refractivity contribution >= 4 is 10.9 Å². The van der Waals surface area contributed by atoms with Gasteiger partial charge in [0.1, 0.15) is 17.2 Å². The first-order valence-corrected chi connectivity index (χ1v) is 15.6. The van der Waals surface area contributed by atoms with Gasteiger partial charge in [0.15, 0.2) is 0 Å². The fourth-order valence-electron chi connectivity index (χ4n) is 6.71. The van der Waals surface area contributed by atoms with Gasteiger partial charge in [-0.2, -0.15) is 5.26 Å². The zero-order valence-electron chi connectivity index (χ0n) is 24.5. The number of pyridine rings is 2. The molecule has 0 atom stereocenters. The summed E-state index contributed by atoms with van der Waals surface area (Å²) >= 11 is 0. The molecule has 8 nitrogen and oxygen atoms in total. The Morgan fingerprint density at radius 1 is 1.00 bits per heavy atom. The minimum atomic E-state index is -0.0557. The van der Waals surface area contributed by atoms with Crippen molar-refractivity contribution in [3.63, 3.8) is 0 Å². The molecule has 4 aromatic heterocycles. The largest absolute Gasteiger partial charge is 0.353 e. The summed E-state index contributed by atoms with van der Waals surface area (Å²) in [5, 5.41) is 10.7. The van der Waals surface area contributed by atoms with Crippen LogP contribution in [0.1, 0.15) is 79.3 Å². The summed E-state index contributed by atoms with van der Waals surface area (Å²) in [6.07, 6.45) is 14.0. The average molecular weight is 570 g/mol. The molecule has 0 spiro atoms. The SMILES string of the molecule is Cn1ccnc1-c1cc(C#N)ccc1-c1cc(C2CC2)nc(-n2cc(C3CC3)c3cc(CN4CCCCC4)[nH]c3c2=O)c1. The summed E-state index contributed by atoms with van der Waals surface area (Å²) in [7, 11) is 1.96. The zero-order chi connectivity index (χ0) is 29.1. The van der Waals surface area contributed by atoms with Crippen LogP contribution in [0.3, 0.4) is 0 Å². The number of aryl methyl sites for hydroxylation is 1. The molecule has 5 heterocycles. The number of nitriles is 1. The van der Waals surface area contributed by atoms with E-state index in [1.165, 1.54) is 24.8 Å². The van der Waals surface area contributed by atoms with Crippen molar-refractivity contribution in [3.05, 3.63) is 87.9 Å². The van der Waals surface area contributed by atoms with E-state index in [9.17, 15) is 10.1 Å². The third-order valence-corrected chi connectivity index (χ3v) is 9.34. The van der Waals surface area contributed by atoms with Crippen molar-refractivity contribution in [2.45, 2.75) is 63.3 Å². The van der Waals surface area contributed by atoms with Crippen molar-refractivity contribution in [2.75, 3.05) is 13.1 Å². The van der Waals surface area contributed by atoms with Crippen LogP contribution >= 0.6 is 0 Å². The Labute approximate surface area is 250 Å². The predicted molar refractivity (Wildman–Crippen MR) is 167 cm³/mol. The Hall–Kier alpha value is -4.48. The van der Waals surface area contributed by atoms with Crippen LogP contribution in [0.5, 0.6) is 0 Å². The first-order chi connectivity index (χ1) is 21.1. The lowest BCUT2D eigenvalue weighted by Gasteiger charge is -2.25. The smallest absolute Gasteiger partial charge is 0.280 e. The Morgan fingerprint density at radius 3 is 2.53 bits per heavy atom. The molecule has 8 rings (SSSR count). The number of piperidine rings is 1. The Bertz CT molecular complexity index is 1960. The number of H-pyrrole nitrogens is 1. The molecule has 1 saturated heterocycles. The molecule has 5 aromatic rings. The van der Waals surface area contributed by atoms with Crippen LogP contribution in [0.25, 0.3) is 39.2 Å². The number of fused-ring (bicyclic) bond motifs is 1. The number of imidazole rings is 1. The monoisotopic (exact) mass is 569 g/mol. The van der Waals surface area contributed by atoms with E-state index in [1.807, 2.05) is 42.1 Å². The van der Waals surface area contributed by atoms with Crippen LogP contribution in [0, 0.1) is 11.3 Å². The van der Waals surface area contributed by atoms with Crippen molar-refractivity contribution in [2.24, 2.45) is 7.05 Å². The van der Waals surface area contributed by atoms with Gasteiger partial charge in [-0.25, -0.2) is 9.97 Å². The number of hydrogen-bond acceptors (Lipinski definition) is 5. The molecule has 2 aliphatic carbocycles. The van der Waals surface area contributed by atoms with E-state index in [0.29, 0.717) is 28.7 Å². The number of aromatic nitrogens is 5. The third kappa shape index (κ3) is 4.88. The number of nitrogens with one attached hydrogen (secondary N) is 1. The van der Waals surface area contributed by atoms with Crippen LogP contribution in [0.2, 0.25) is 0 Å². The molecule has 0 unspecified atom stereocenters. The highest BCUT2D eigenvalue weighted by atomic mass is 16.1. The minimum Gasteiger partial charge on any atom is -0.353 e. The summed E-state index contributed by atoms with van der Waals surface area (Å²) in [6, 6.07) is 14.4. The average Bonchev–Trinajstić information content (AvgIpc) is 3.97. The highest BCUT2D eigenvalue weighted by Gasteiger charge is 2.30. The van der Waals surface area contributed by atoms with E-state index in [-0.39, 0.29) is 5.56 Å². The van der Waals surface area contributed by atoms with E-state index in [1.54, 1.807) is 10.8 Å². The third-order valence-electron chi connectivity index (χ3n) is 9.34. The van der Waals surface area contributed by atoms with Crippen LogP contribution in [0.4, 0.5) is 0 Å². The predicted octanol–water partition coefficient (Wildman–Crippen LogP) is 6.39. The van der Waals surface area contributed by atoms with Crippen LogP contribution in [-0.4, -0.2) is 42.1 Å². The molecule has 8 heteroatoms. The van der Waals surface area contributed by atoms with Gasteiger partial charge in [0.05, 0.1) is 11.6 Å². The maximum absolute atomic E-state index is 14.2. The number of likely N-dealkylation sites (tertiary alicyclic amines) is 1. The fourth-order valence-corrected chi connectivity index (χ4v) is 6.71. The second-order valence-electron chi connectivity index (χ2n) is 12.6. The standard InChI is InChI=1S/C35H35N7O/c1-40-14-11-37-34(40)29-15-22(19-36)5-10-27(29)25-16-31(24-8-9-24)39-32(17-25)42-21-30(23-6-7-23)28-18-26(38-33(28)35(42)43)20-41-12-3-2-4-13-41/h5,10-11,14-18,21,23-24,38H,2-4,6-9,12-13,20H2,1H3. The van der Waals surface area contributed by atoms with Crippen LogP contribution in [-0.2, 0) is 13.6 Å². The van der Waals surface area contributed by atoms with Gasteiger partial charge < -0.3 is 9.55 Å². The zero-order valence-corrected chi connectivity index (χ0v) is 24.5. The number of rotatable bonds is 7. The molecular formula is C35H35N7O. The minimum absolute atomic E-state index is 0.0557. The molecule has 0 bridgehead atoms. The lowest BCUT2D eigenvalue weighted by molar-refractivity contribution is 0.219. The summed E-state index contributed by atoms with van der Waals surface area (Å²) in [4.78, 5) is 29.9. The summed E-state index contributed by atoms with van der Waals surface area (Å²) in [6.45, 7) is 3.09. The molecule has 216 valence electrons. The second kappa shape index (κ2) is 10.4. The van der Waals surface area contributed by atoms with E-state index in [4.69, 9.17) is 4.98 Å². The van der Waals surface area contributed by atoms with Gasteiger partial charge in [0.2, 0.25) is 0 Å². The van der Waals surface area contributed by atoms with Crippen LogP contribution < -0.4 is 5.56 Å². The maximum atomic E-state index is 14.2. The summed E-state index contributed by atoms with van der Waals surface area (Å²) < 4.78 is 3.74. The van der Waals surface area contributed by atoms with E-state index in [0.717, 1.165) is 84.6 Å². The molecule has 2 saturated carbocycles. The summed E-state index contributed by atoms with van der Waals surface area (Å²) in [5.41, 5.74) is 7.42. The molecule has 3 aliphatic rings. The van der Waals surface area contributed by atoms with Gasteiger partial charge in [-0.05, 0) is 105 Å². The second-order valence-corrected chi connectivity index (χ2v) is 12.6. The summed E-state index contributed by atoms with van der Waals surface area (Å²) in [5.74, 6) is 2.32. The van der Waals surface area contributed by atoms with Gasteiger partial charge in [0, 0.05) is 60.4 Å². The highest BCUT2D eigenvalue weighted by molar-refractivity contribution is 5.85. The Morgan fingerprint density at radius 2 is 1.81 bits per heavy atom. The van der Waals surface area contributed by atoms with Crippen molar-refractivity contribution in [1.82, 2.24) is 29.0 Å². The first kappa shape index (κ1) is 26.2. The molecule has 0 amide bonds. The van der Waals surface area contributed by atoms with Gasteiger partial charge in [0.25, 0.3) is 5.56 Å². The topological polar surface area (TPSA) is 95.5 Å². The van der Waals surface area contributed by atoms with E-state index in [2.05, 4.69) is 39.3 Å². The first-order valence-electron chi connectivity index (χ1n) is 15.6. The quantitative estimate of drug-likeness (QED) is 0.245. The number of aromatic amines is 1. The normalized spacial score (nSPS) is 17.4. The number of benzene rings is 1. The van der Waals surface area contributed by atoms with Crippen molar-refractivity contribution < 1.29 is 0 Å². The van der Waals surface area contributed by atoms with Gasteiger partial charge in [-0.15, -0.1) is 0 Å². The van der Waals surface area contributed by atoms with Crippen molar-refractivity contribution in [3.8, 4) is 34.4 Å². The molecule has 1 N–H and O–H groups in total. The molecule has 43 heavy (non-hydrogen) atoms. The molecular weight excluding hydrogens is 534 g/mol. The lowest BCUT2D eigenvalue weighted by Crippen LogP contribution is -2.29. The van der Waals surface area contributed by atoms with Gasteiger partial charge in [-0.1, -0.05) is 12.5 Å². The molecule has 3 fully saturated rings. The van der Waals surface area contributed by atoms with E-state index >= 15 is 0 Å². The fraction of sp³-hybridized carbons (Fsp3) is 0.371. The Kier molecular flexibility index (Phi) is 6.30. The number of nitrogens with zero attached hydrogens (tertiary/aromatic N) is 6. The molecule has 1 aromatic carbocycles. The Balaban J connectivity index is 1.28. The van der Waals surface area contributed by atoms with Crippen molar-refractivity contribution in [1.29, 1.82) is 5.26 Å². The lowest BCUT2D eigenvalue weighted by atomic mass is 9.96. The van der Waals surface area contributed by atoms with Crippen LogP contribution in [0.15, 0.2) is 59.8 Å². The van der Waals surface area contributed by atoms with Gasteiger partial charge >= 0.3 is 0 Å². The molecule has 1 aliphatic heterocycles. The van der Waals surface area contributed by atoms with Gasteiger partial charge in [-0.3, -0.25) is 14.3 Å². The molecule has 0 radical (unpaired) electrons. The van der Waals surface area contributed by atoms with E-state index < -0.39 is 0 Å². The maximum Gasteiger partial charge on any atom is 0.280 e. The highest BCUT2D eigenvalue weighted by Crippen LogP contribution is 2.44.